The average molecular weight is 324 g/mol. The smallest absolute Gasteiger partial charge is 0.254 e. The molecule has 1 aliphatic rings. The fraction of sp³-hybridized carbons (Fsp3) is 0.529. The van der Waals surface area contributed by atoms with E-state index in [4.69, 9.17) is 0 Å². The summed E-state index contributed by atoms with van der Waals surface area (Å²) >= 11 is 0. The molecular formula is C17H22F2N2O2. The number of carbonyl (C=O) groups excluding carboxylic acids is 2. The van der Waals surface area contributed by atoms with Crippen molar-refractivity contribution in [1.29, 1.82) is 0 Å². The highest BCUT2D eigenvalue weighted by molar-refractivity contribution is 5.94. The number of nitrogens with one attached hydrogen (secondary N) is 1. The van der Waals surface area contributed by atoms with Crippen molar-refractivity contribution < 1.29 is 18.4 Å². The third kappa shape index (κ3) is 5.01. The molecule has 1 aromatic rings. The van der Waals surface area contributed by atoms with E-state index in [1.54, 1.807) is 0 Å². The lowest BCUT2D eigenvalue weighted by atomic mass is 10.2. The van der Waals surface area contributed by atoms with Crippen molar-refractivity contribution >= 4 is 11.8 Å². The molecule has 1 saturated carbocycles. The Hall–Kier alpha value is -1.98. The van der Waals surface area contributed by atoms with Gasteiger partial charge in [0.25, 0.3) is 5.91 Å². The number of hydrogen-bond donors (Lipinski definition) is 1. The fourth-order valence-corrected chi connectivity index (χ4v) is 2.43. The van der Waals surface area contributed by atoms with Crippen molar-refractivity contribution in [3.05, 3.63) is 35.4 Å². The zero-order valence-corrected chi connectivity index (χ0v) is 13.4. The third-order valence-electron chi connectivity index (χ3n) is 3.67. The molecule has 0 atom stereocenters. The summed E-state index contributed by atoms with van der Waals surface area (Å²) in [6.07, 6.45) is 2.25. The van der Waals surface area contributed by atoms with Crippen molar-refractivity contribution in [2.45, 2.75) is 39.2 Å². The van der Waals surface area contributed by atoms with Crippen LogP contribution in [0.1, 0.15) is 43.5 Å². The van der Waals surface area contributed by atoms with Gasteiger partial charge >= 0.3 is 0 Å². The normalized spacial score (nSPS) is 14.0. The van der Waals surface area contributed by atoms with Crippen molar-refractivity contribution in [3.8, 4) is 0 Å². The Bertz CT molecular complexity index is 586. The van der Waals surface area contributed by atoms with Crippen LogP contribution in [-0.2, 0) is 4.79 Å². The number of rotatable bonds is 7. The summed E-state index contributed by atoms with van der Waals surface area (Å²) in [5.41, 5.74) is -0.222. The van der Waals surface area contributed by atoms with Gasteiger partial charge in [0, 0.05) is 31.6 Å². The van der Waals surface area contributed by atoms with E-state index >= 15 is 0 Å². The van der Waals surface area contributed by atoms with Gasteiger partial charge in [0.1, 0.15) is 11.6 Å². The summed E-state index contributed by atoms with van der Waals surface area (Å²) in [6, 6.07) is 3.12. The molecule has 6 heteroatoms. The third-order valence-corrected chi connectivity index (χ3v) is 3.67. The maximum absolute atomic E-state index is 13.5. The van der Waals surface area contributed by atoms with Crippen LogP contribution in [0.3, 0.4) is 0 Å². The molecule has 0 radical (unpaired) electrons. The first-order valence-corrected chi connectivity index (χ1v) is 7.91. The molecule has 1 N–H and O–H groups in total. The predicted octanol–water partition coefficient (Wildman–Crippen LogP) is 2.73. The van der Waals surface area contributed by atoms with Crippen molar-refractivity contribution in [1.82, 2.24) is 10.2 Å². The average Bonchev–Trinajstić information content (AvgIpc) is 3.28. The van der Waals surface area contributed by atoms with Crippen LogP contribution in [0.4, 0.5) is 8.78 Å². The molecule has 2 rings (SSSR count). The Morgan fingerprint density at radius 3 is 2.57 bits per heavy atom. The van der Waals surface area contributed by atoms with Crippen LogP contribution < -0.4 is 5.32 Å². The highest BCUT2D eigenvalue weighted by Crippen LogP contribution is 2.28. The molecular weight excluding hydrogens is 302 g/mol. The quantitative estimate of drug-likeness (QED) is 0.838. The highest BCUT2D eigenvalue weighted by atomic mass is 19.1. The summed E-state index contributed by atoms with van der Waals surface area (Å²) in [5, 5.41) is 2.51. The SMILES string of the molecule is CC(C)CN(C(=O)CCNC(=O)c1ccc(F)cc1F)C1CC1. The minimum Gasteiger partial charge on any atom is -0.351 e. The molecule has 1 fully saturated rings. The lowest BCUT2D eigenvalue weighted by molar-refractivity contribution is -0.132. The van der Waals surface area contributed by atoms with E-state index in [0.717, 1.165) is 25.0 Å². The molecule has 1 aliphatic carbocycles. The van der Waals surface area contributed by atoms with Gasteiger partial charge in [0.2, 0.25) is 5.91 Å². The number of nitrogens with zero attached hydrogens (tertiary/aromatic N) is 1. The number of hydrogen-bond acceptors (Lipinski definition) is 2. The Morgan fingerprint density at radius 1 is 1.30 bits per heavy atom. The summed E-state index contributed by atoms with van der Waals surface area (Å²) in [6.45, 7) is 4.96. The zero-order chi connectivity index (χ0) is 17.0. The highest BCUT2D eigenvalue weighted by Gasteiger charge is 2.32. The molecule has 0 heterocycles. The Kier molecular flexibility index (Phi) is 5.69. The molecule has 0 bridgehead atoms. The topological polar surface area (TPSA) is 49.4 Å². The van der Waals surface area contributed by atoms with Crippen LogP contribution in [0.5, 0.6) is 0 Å². The summed E-state index contributed by atoms with van der Waals surface area (Å²) in [7, 11) is 0. The minimum absolute atomic E-state index is 0.000998. The number of carbonyl (C=O) groups is 2. The van der Waals surface area contributed by atoms with Gasteiger partial charge in [-0.2, -0.15) is 0 Å². The van der Waals surface area contributed by atoms with E-state index < -0.39 is 17.5 Å². The van der Waals surface area contributed by atoms with Crippen LogP contribution in [0.15, 0.2) is 18.2 Å². The minimum atomic E-state index is -0.909. The second kappa shape index (κ2) is 7.53. The van der Waals surface area contributed by atoms with Gasteiger partial charge in [-0.05, 0) is 30.9 Å². The largest absolute Gasteiger partial charge is 0.351 e. The van der Waals surface area contributed by atoms with E-state index in [9.17, 15) is 18.4 Å². The molecule has 0 spiro atoms. The van der Waals surface area contributed by atoms with E-state index in [2.05, 4.69) is 19.2 Å². The van der Waals surface area contributed by atoms with Gasteiger partial charge in [0.15, 0.2) is 0 Å². The molecule has 4 nitrogen and oxygen atoms in total. The van der Waals surface area contributed by atoms with Gasteiger partial charge < -0.3 is 10.2 Å². The summed E-state index contributed by atoms with van der Waals surface area (Å²) in [4.78, 5) is 26.0. The summed E-state index contributed by atoms with van der Waals surface area (Å²) < 4.78 is 26.3. The maximum atomic E-state index is 13.5. The van der Waals surface area contributed by atoms with E-state index in [1.807, 2.05) is 4.90 Å². The van der Waals surface area contributed by atoms with Crippen LogP contribution in [0.25, 0.3) is 0 Å². The molecule has 2 amide bonds. The predicted molar refractivity (Wildman–Crippen MR) is 82.9 cm³/mol. The van der Waals surface area contributed by atoms with Crippen LogP contribution >= 0.6 is 0 Å². The Labute approximate surface area is 134 Å². The van der Waals surface area contributed by atoms with Gasteiger partial charge in [-0.1, -0.05) is 13.8 Å². The molecule has 0 unspecified atom stereocenters. The number of halogens is 2. The van der Waals surface area contributed by atoms with Crippen molar-refractivity contribution in [2.75, 3.05) is 13.1 Å². The Morgan fingerprint density at radius 2 is 2.00 bits per heavy atom. The van der Waals surface area contributed by atoms with E-state index in [0.29, 0.717) is 24.6 Å². The van der Waals surface area contributed by atoms with Gasteiger partial charge in [0.05, 0.1) is 5.56 Å². The summed E-state index contributed by atoms with van der Waals surface area (Å²) in [5.74, 6) is -1.89. The van der Waals surface area contributed by atoms with E-state index in [1.165, 1.54) is 0 Å². The lowest BCUT2D eigenvalue weighted by Gasteiger charge is -2.24. The molecule has 1 aromatic carbocycles. The maximum Gasteiger partial charge on any atom is 0.254 e. The molecule has 0 saturated heterocycles. The fourth-order valence-electron chi connectivity index (χ4n) is 2.43. The zero-order valence-electron chi connectivity index (χ0n) is 13.4. The van der Waals surface area contributed by atoms with Crippen LogP contribution in [0.2, 0.25) is 0 Å². The molecule has 126 valence electrons. The van der Waals surface area contributed by atoms with Crippen molar-refractivity contribution in [2.24, 2.45) is 5.92 Å². The second-order valence-corrected chi connectivity index (χ2v) is 6.30. The van der Waals surface area contributed by atoms with E-state index in [-0.39, 0.29) is 24.4 Å². The van der Waals surface area contributed by atoms with Crippen molar-refractivity contribution in [3.63, 3.8) is 0 Å². The standard InChI is InChI=1S/C17H22F2N2O2/c1-11(2)10-21(13-4-5-13)16(22)7-8-20-17(23)14-6-3-12(18)9-15(14)19/h3,6,9,11,13H,4-5,7-8,10H2,1-2H3,(H,20,23). The van der Waals surface area contributed by atoms with Gasteiger partial charge in [-0.25, -0.2) is 8.78 Å². The lowest BCUT2D eigenvalue weighted by Crippen LogP contribution is -2.38. The molecule has 0 aliphatic heterocycles. The first-order chi connectivity index (χ1) is 10.9. The molecule has 23 heavy (non-hydrogen) atoms. The Balaban J connectivity index is 1.83. The first-order valence-electron chi connectivity index (χ1n) is 7.91. The van der Waals surface area contributed by atoms with Gasteiger partial charge in [-0.15, -0.1) is 0 Å². The number of amides is 2. The monoisotopic (exact) mass is 324 g/mol. The molecule has 0 aromatic heterocycles. The van der Waals surface area contributed by atoms with Crippen LogP contribution in [-0.4, -0.2) is 35.8 Å². The van der Waals surface area contributed by atoms with Crippen LogP contribution in [0, 0.1) is 17.6 Å². The first kappa shape index (κ1) is 17.4. The second-order valence-electron chi connectivity index (χ2n) is 6.30. The number of benzene rings is 1. The van der Waals surface area contributed by atoms with Gasteiger partial charge in [-0.3, -0.25) is 9.59 Å².